The highest BCUT2D eigenvalue weighted by molar-refractivity contribution is 7.79. The third kappa shape index (κ3) is 22.1. The SMILES string of the molecule is CCCCCCCCCCCCCCCCCCCCCS(=O)O. The highest BCUT2D eigenvalue weighted by Crippen LogP contribution is 2.14. The summed E-state index contributed by atoms with van der Waals surface area (Å²) in [6.07, 6.45) is 25.9. The zero-order valence-electron chi connectivity index (χ0n) is 16.4. The van der Waals surface area contributed by atoms with Gasteiger partial charge in [0.2, 0.25) is 0 Å². The van der Waals surface area contributed by atoms with Gasteiger partial charge in [-0.05, 0) is 6.42 Å². The summed E-state index contributed by atoms with van der Waals surface area (Å²) in [6.45, 7) is 2.28. The van der Waals surface area contributed by atoms with Crippen LogP contribution in [0.1, 0.15) is 129 Å². The predicted molar refractivity (Wildman–Crippen MR) is 109 cm³/mol. The van der Waals surface area contributed by atoms with Crippen molar-refractivity contribution in [3.8, 4) is 0 Å². The number of unbranched alkanes of at least 4 members (excludes halogenated alkanes) is 18. The molecule has 1 atom stereocenters. The van der Waals surface area contributed by atoms with E-state index in [4.69, 9.17) is 4.55 Å². The van der Waals surface area contributed by atoms with E-state index in [-0.39, 0.29) is 0 Å². The molecule has 0 aliphatic heterocycles. The molecule has 3 heteroatoms. The summed E-state index contributed by atoms with van der Waals surface area (Å²) < 4.78 is 19.2. The first-order valence-corrected chi connectivity index (χ1v) is 12.1. The van der Waals surface area contributed by atoms with Gasteiger partial charge in [0.1, 0.15) is 0 Å². The van der Waals surface area contributed by atoms with Crippen molar-refractivity contribution in [2.45, 2.75) is 129 Å². The fourth-order valence-corrected chi connectivity index (χ4v) is 3.76. The van der Waals surface area contributed by atoms with Crippen LogP contribution in [0.3, 0.4) is 0 Å². The molecular formula is C21H44O2S. The van der Waals surface area contributed by atoms with Gasteiger partial charge in [-0.2, -0.15) is 0 Å². The molecular weight excluding hydrogens is 316 g/mol. The Labute approximate surface area is 154 Å². The maximum absolute atomic E-state index is 10.5. The third-order valence-electron chi connectivity index (χ3n) is 4.92. The van der Waals surface area contributed by atoms with Crippen LogP contribution in [0.25, 0.3) is 0 Å². The number of hydrogen-bond donors (Lipinski definition) is 1. The van der Waals surface area contributed by atoms with Crippen LogP contribution in [0.5, 0.6) is 0 Å². The molecule has 146 valence electrons. The van der Waals surface area contributed by atoms with Gasteiger partial charge >= 0.3 is 0 Å². The van der Waals surface area contributed by atoms with Crippen LogP contribution in [0, 0.1) is 0 Å². The average molecular weight is 361 g/mol. The molecule has 0 saturated heterocycles. The highest BCUT2D eigenvalue weighted by Gasteiger charge is 1.96. The van der Waals surface area contributed by atoms with Gasteiger partial charge in [-0.25, -0.2) is 4.21 Å². The van der Waals surface area contributed by atoms with Gasteiger partial charge in [0.15, 0.2) is 11.1 Å². The third-order valence-corrected chi connectivity index (χ3v) is 5.56. The standard InChI is InChI=1S/C21H44O2S/c1-2-3-4-5-6-7-8-9-10-11-12-13-14-15-16-17-18-19-20-21-24(22)23/h2-21H2,1H3,(H,22,23). The minimum atomic E-state index is -1.58. The Hall–Kier alpha value is 0.110. The van der Waals surface area contributed by atoms with Crippen molar-refractivity contribution in [3.63, 3.8) is 0 Å². The van der Waals surface area contributed by atoms with E-state index in [0.717, 1.165) is 12.8 Å². The van der Waals surface area contributed by atoms with E-state index in [1.165, 1.54) is 109 Å². The van der Waals surface area contributed by atoms with Crippen LogP contribution in [0.4, 0.5) is 0 Å². The van der Waals surface area contributed by atoms with Crippen LogP contribution < -0.4 is 0 Å². The van der Waals surface area contributed by atoms with Gasteiger partial charge in [-0.1, -0.05) is 122 Å². The second-order valence-electron chi connectivity index (χ2n) is 7.39. The summed E-state index contributed by atoms with van der Waals surface area (Å²) in [6, 6.07) is 0. The molecule has 0 radical (unpaired) electrons. The molecule has 24 heavy (non-hydrogen) atoms. The lowest BCUT2D eigenvalue weighted by Crippen LogP contribution is -1.94. The Morgan fingerprint density at radius 2 is 0.750 bits per heavy atom. The molecule has 0 bridgehead atoms. The van der Waals surface area contributed by atoms with E-state index in [1.807, 2.05) is 0 Å². The molecule has 0 aliphatic carbocycles. The molecule has 0 aliphatic rings. The largest absolute Gasteiger partial charge is 0.306 e. The smallest absolute Gasteiger partial charge is 0.152 e. The van der Waals surface area contributed by atoms with Crippen molar-refractivity contribution < 1.29 is 8.76 Å². The second-order valence-corrected chi connectivity index (χ2v) is 8.44. The maximum atomic E-state index is 10.5. The molecule has 1 N–H and O–H groups in total. The van der Waals surface area contributed by atoms with Crippen LogP contribution in [-0.2, 0) is 11.1 Å². The van der Waals surface area contributed by atoms with E-state index in [1.54, 1.807) is 0 Å². The minimum absolute atomic E-state index is 0.457. The summed E-state index contributed by atoms with van der Waals surface area (Å²) >= 11 is -1.58. The first-order valence-electron chi connectivity index (χ1n) is 10.8. The van der Waals surface area contributed by atoms with Gasteiger partial charge < -0.3 is 4.55 Å². The Balaban J connectivity index is 2.97. The van der Waals surface area contributed by atoms with Crippen molar-refractivity contribution in [3.05, 3.63) is 0 Å². The molecule has 0 fully saturated rings. The Morgan fingerprint density at radius 3 is 1.00 bits per heavy atom. The molecule has 0 aromatic rings. The zero-order chi connectivity index (χ0) is 17.7. The first-order chi connectivity index (χ1) is 11.8. The molecule has 0 aromatic carbocycles. The summed E-state index contributed by atoms with van der Waals surface area (Å²) in [5.74, 6) is 0.457. The second kappa shape index (κ2) is 21.2. The number of hydrogen-bond acceptors (Lipinski definition) is 1. The molecule has 1 unspecified atom stereocenters. The highest BCUT2D eigenvalue weighted by atomic mass is 32.2. The molecule has 0 amide bonds. The molecule has 0 heterocycles. The lowest BCUT2D eigenvalue weighted by Gasteiger charge is -2.03. The molecule has 2 nitrogen and oxygen atoms in total. The Kier molecular flexibility index (Phi) is 21.3. The van der Waals surface area contributed by atoms with Gasteiger partial charge in [0.05, 0.1) is 0 Å². The zero-order valence-corrected chi connectivity index (χ0v) is 17.2. The van der Waals surface area contributed by atoms with Crippen molar-refractivity contribution in [1.82, 2.24) is 0 Å². The summed E-state index contributed by atoms with van der Waals surface area (Å²) in [4.78, 5) is 0. The minimum Gasteiger partial charge on any atom is -0.306 e. The summed E-state index contributed by atoms with van der Waals surface area (Å²) in [5, 5.41) is 0. The summed E-state index contributed by atoms with van der Waals surface area (Å²) in [5.41, 5.74) is 0. The van der Waals surface area contributed by atoms with Crippen molar-refractivity contribution in [2.75, 3.05) is 5.75 Å². The normalized spacial score (nSPS) is 12.6. The van der Waals surface area contributed by atoms with E-state index >= 15 is 0 Å². The van der Waals surface area contributed by atoms with Crippen LogP contribution in [-0.4, -0.2) is 14.5 Å². The van der Waals surface area contributed by atoms with Crippen molar-refractivity contribution in [1.29, 1.82) is 0 Å². The van der Waals surface area contributed by atoms with Gasteiger partial charge in [0, 0.05) is 5.75 Å². The average Bonchev–Trinajstić information content (AvgIpc) is 2.56. The molecule has 0 spiro atoms. The van der Waals surface area contributed by atoms with Crippen LogP contribution in [0.2, 0.25) is 0 Å². The van der Waals surface area contributed by atoms with Crippen molar-refractivity contribution in [2.24, 2.45) is 0 Å². The fraction of sp³-hybridized carbons (Fsp3) is 1.00. The van der Waals surface area contributed by atoms with Crippen LogP contribution >= 0.6 is 0 Å². The summed E-state index contributed by atoms with van der Waals surface area (Å²) in [7, 11) is 0. The molecule has 0 aromatic heterocycles. The maximum Gasteiger partial charge on any atom is 0.152 e. The van der Waals surface area contributed by atoms with Crippen LogP contribution in [0.15, 0.2) is 0 Å². The van der Waals surface area contributed by atoms with E-state index in [9.17, 15) is 4.21 Å². The van der Waals surface area contributed by atoms with Gasteiger partial charge in [-0.15, -0.1) is 0 Å². The molecule has 0 rings (SSSR count). The van der Waals surface area contributed by atoms with E-state index in [2.05, 4.69) is 6.92 Å². The van der Waals surface area contributed by atoms with Gasteiger partial charge in [-0.3, -0.25) is 0 Å². The lowest BCUT2D eigenvalue weighted by atomic mass is 10.0. The van der Waals surface area contributed by atoms with Crippen molar-refractivity contribution >= 4 is 11.1 Å². The van der Waals surface area contributed by atoms with Gasteiger partial charge in [0.25, 0.3) is 0 Å². The Morgan fingerprint density at radius 1 is 0.500 bits per heavy atom. The number of rotatable bonds is 20. The quantitative estimate of drug-likeness (QED) is 0.179. The fourth-order valence-electron chi connectivity index (χ4n) is 3.30. The monoisotopic (exact) mass is 360 g/mol. The van der Waals surface area contributed by atoms with E-state index in [0.29, 0.717) is 5.75 Å². The first kappa shape index (κ1) is 24.1. The van der Waals surface area contributed by atoms with E-state index < -0.39 is 11.1 Å². The predicted octanol–water partition coefficient (Wildman–Crippen LogP) is 7.64. The Bertz CT molecular complexity index is 256. The topological polar surface area (TPSA) is 37.3 Å². The lowest BCUT2D eigenvalue weighted by molar-refractivity contribution is 0.523. The molecule has 0 saturated carbocycles.